The van der Waals surface area contributed by atoms with E-state index < -0.39 is 0 Å². The molecule has 3 aromatic rings. The molecule has 1 N–H and O–H groups in total. The predicted molar refractivity (Wildman–Crippen MR) is 109 cm³/mol. The molecule has 2 aliphatic heterocycles. The number of morpholine rings is 1. The number of nitrogens with one attached hydrogen (secondary N) is 1. The zero-order valence-corrected chi connectivity index (χ0v) is 16.5. The Bertz CT molecular complexity index is 1090. The maximum Gasteiger partial charge on any atom is 0.261 e. The first-order valence-electron chi connectivity index (χ1n) is 9.78. The molecule has 0 saturated carbocycles. The molecular formula is C21H23N5O3. The molecule has 8 nitrogen and oxygen atoms in total. The molecule has 1 fully saturated rings. The maximum atomic E-state index is 13.1. The fourth-order valence-electron chi connectivity index (χ4n) is 3.98. The Balaban J connectivity index is 1.52. The molecule has 4 heterocycles. The summed E-state index contributed by atoms with van der Waals surface area (Å²) in [6.07, 6.45) is 5.77. The summed E-state index contributed by atoms with van der Waals surface area (Å²) in [7, 11) is 0. The summed E-state index contributed by atoms with van der Waals surface area (Å²) in [5, 5.41) is 7.31. The third-order valence-electron chi connectivity index (χ3n) is 5.31. The average molecular weight is 393 g/mol. The smallest absolute Gasteiger partial charge is 0.261 e. The van der Waals surface area contributed by atoms with Gasteiger partial charge in [-0.3, -0.25) is 4.79 Å². The lowest BCUT2D eigenvalue weighted by molar-refractivity contribution is 0.102. The van der Waals surface area contributed by atoms with Crippen molar-refractivity contribution in [3.63, 3.8) is 0 Å². The van der Waals surface area contributed by atoms with Crippen molar-refractivity contribution >= 4 is 22.9 Å². The van der Waals surface area contributed by atoms with Gasteiger partial charge in [0, 0.05) is 43.5 Å². The normalized spacial score (nSPS) is 17.8. The molecule has 150 valence electrons. The minimum absolute atomic E-state index is 0.230. The number of nitrogens with zero attached hydrogens (tertiary/aromatic N) is 4. The quantitative estimate of drug-likeness (QED) is 0.737. The summed E-state index contributed by atoms with van der Waals surface area (Å²) in [5.74, 6) is 0.651. The van der Waals surface area contributed by atoms with Crippen molar-refractivity contribution in [3.05, 3.63) is 47.9 Å². The van der Waals surface area contributed by atoms with E-state index >= 15 is 0 Å². The van der Waals surface area contributed by atoms with Gasteiger partial charge in [-0.25, -0.2) is 9.50 Å². The van der Waals surface area contributed by atoms with Crippen LogP contribution in [0.5, 0.6) is 5.75 Å². The first kappa shape index (κ1) is 17.9. The lowest BCUT2D eigenvalue weighted by atomic mass is 10.0. The summed E-state index contributed by atoms with van der Waals surface area (Å²) in [6.45, 7) is 7.00. The van der Waals surface area contributed by atoms with Crippen LogP contribution in [0, 0.1) is 0 Å². The van der Waals surface area contributed by atoms with Crippen molar-refractivity contribution in [2.75, 3.05) is 36.5 Å². The first-order valence-corrected chi connectivity index (χ1v) is 9.78. The van der Waals surface area contributed by atoms with Crippen LogP contribution in [0.3, 0.4) is 0 Å². The van der Waals surface area contributed by atoms with E-state index in [1.54, 1.807) is 29.2 Å². The van der Waals surface area contributed by atoms with Crippen LogP contribution >= 0.6 is 0 Å². The van der Waals surface area contributed by atoms with Gasteiger partial charge >= 0.3 is 0 Å². The standard InChI is InChI=1S/C21H23N5O3/c1-21(2)12-14-10-16(17(11-18(14)29-21)25-6-8-28-9-7-25)24-20(27)15-13-23-26-5-3-4-22-19(15)26/h3-5,10-11,13H,6-9,12H2,1-2H3,(H,24,27). The number of carbonyl (C=O) groups excluding carboxylic acids is 1. The van der Waals surface area contributed by atoms with E-state index in [1.165, 1.54) is 0 Å². The number of hydrogen-bond donors (Lipinski definition) is 1. The van der Waals surface area contributed by atoms with E-state index in [0.29, 0.717) is 24.4 Å². The average Bonchev–Trinajstić information content (AvgIpc) is 3.27. The molecule has 29 heavy (non-hydrogen) atoms. The van der Waals surface area contributed by atoms with Crippen LogP contribution in [-0.2, 0) is 11.2 Å². The SMILES string of the molecule is CC1(C)Cc2cc(NC(=O)c3cnn4cccnc34)c(N3CCOCC3)cc2O1. The van der Waals surface area contributed by atoms with Crippen molar-refractivity contribution < 1.29 is 14.3 Å². The molecular weight excluding hydrogens is 370 g/mol. The van der Waals surface area contributed by atoms with Crippen molar-refractivity contribution in [3.8, 4) is 5.75 Å². The van der Waals surface area contributed by atoms with Gasteiger partial charge in [0.2, 0.25) is 0 Å². The summed E-state index contributed by atoms with van der Waals surface area (Å²) < 4.78 is 13.2. The third kappa shape index (κ3) is 3.29. The maximum absolute atomic E-state index is 13.1. The molecule has 0 atom stereocenters. The van der Waals surface area contributed by atoms with Gasteiger partial charge in [-0.1, -0.05) is 0 Å². The topological polar surface area (TPSA) is 81.0 Å². The van der Waals surface area contributed by atoms with Crippen molar-refractivity contribution in [2.45, 2.75) is 25.9 Å². The third-order valence-corrected chi connectivity index (χ3v) is 5.31. The fraction of sp³-hybridized carbons (Fsp3) is 0.381. The largest absolute Gasteiger partial charge is 0.487 e. The Hall–Kier alpha value is -3.13. The van der Waals surface area contributed by atoms with Gasteiger partial charge in [0.1, 0.15) is 16.9 Å². The Kier molecular flexibility index (Phi) is 4.16. The van der Waals surface area contributed by atoms with Gasteiger partial charge in [0.05, 0.1) is 30.8 Å². The zero-order valence-electron chi connectivity index (χ0n) is 16.5. The number of hydrogen-bond acceptors (Lipinski definition) is 6. The van der Waals surface area contributed by atoms with Crippen LogP contribution in [-0.4, -0.2) is 52.4 Å². The Morgan fingerprint density at radius 2 is 2.07 bits per heavy atom. The molecule has 0 spiro atoms. The number of amides is 1. The number of ether oxygens (including phenoxy) is 2. The summed E-state index contributed by atoms with van der Waals surface area (Å²) in [6, 6.07) is 5.85. The highest BCUT2D eigenvalue weighted by Gasteiger charge is 2.32. The molecule has 1 aromatic carbocycles. The lowest BCUT2D eigenvalue weighted by Gasteiger charge is -2.31. The van der Waals surface area contributed by atoms with Crippen LogP contribution in [0.1, 0.15) is 29.8 Å². The fourth-order valence-corrected chi connectivity index (χ4v) is 3.98. The molecule has 2 aliphatic rings. The van der Waals surface area contributed by atoms with Crippen LogP contribution in [0.25, 0.3) is 5.65 Å². The van der Waals surface area contributed by atoms with Gasteiger partial charge < -0.3 is 19.7 Å². The van der Waals surface area contributed by atoms with E-state index in [9.17, 15) is 4.79 Å². The number of aromatic nitrogens is 3. The van der Waals surface area contributed by atoms with Gasteiger partial charge in [-0.05, 0) is 26.0 Å². The molecule has 0 unspecified atom stereocenters. The van der Waals surface area contributed by atoms with E-state index in [-0.39, 0.29) is 11.5 Å². The highest BCUT2D eigenvalue weighted by molar-refractivity contribution is 6.09. The molecule has 0 radical (unpaired) electrons. The van der Waals surface area contributed by atoms with Gasteiger partial charge in [-0.2, -0.15) is 5.10 Å². The molecule has 8 heteroatoms. The van der Waals surface area contributed by atoms with Crippen molar-refractivity contribution in [1.29, 1.82) is 0 Å². The molecule has 0 bridgehead atoms. The second-order valence-corrected chi connectivity index (χ2v) is 8.02. The Morgan fingerprint density at radius 3 is 2.90 bits per heavy atom. The van der Waals surface area contributed by atoms with E-state index in [1.807, 2.05) is 12.1 Å². The van der Waals surface area contributed by atoms with Gasteiger partial charge in [0.15, 0.2) is 5.65 Å². The molecule has 0 aliphatic carbocycles. The van der Waals surface area contributed by atoms with Gasteiger partial charge in [0.25, 0.3) is 5.91 Å². The first-order chi connectivity index (χ1) is 14.0. The van der Waals surface area contributed by atoms with E-state index in [2.05, 4.69) is 34.1 Å². The predicted octanol–water partition coefficient (Wildman–Crippen LogP) is 2.53. The summed E-state index contributed by atoms with van der Waals surface area (Å²) in [5.41, 5.74) is 3.54. The second-order valence-electron chi connectivity index (χ2n) is 8.02. The van der Waals surface area contributed by atoms with E-state index in [0.717, 1.165) is 42.2 Å². The van der Waals surface area contributed by atoms with Gasteiger partial charge in [-0.15, -0.1) is 0 Å². The molecule has 1 amide bonds. The monoisotopic (exact) mass is 393 g/mol. The number of fused-ring (bicyclic) bond motifs is 2. The van der Waals surface area contributed by atoms with Crippen molar-refractivity contribution in [2.24, 2.45) is 0 Å². The summed E-state index contributed by atoms with van der Waals surface area (Å²) in [4.78, 5) is 19.6. The zero-order chi connectivity index (χ0) is 20.0. The van der Waals surface area contributed by atoms with Crippen LogP contribution in [0.15, 0.2) is 36.8 Å². The van der Waals surface area contributed by atoms with E-state index in [4.69, 9.17) is 9.47 Å². The van der Waals surface area contributed by atoms with Crippen molar-refractivity contribution in [1.82, 2.24) is 14.6 Å². The molecule has 5 rings (SSSR count). The number of carbonyl (C=O) groups is 1. The van der Waals surface area contributed by atoms with Crippen LogP contribution < -0.4 is 15.0 Å². The van der Waals surface area contributed by atoms with Crippen LogP contribution in [0.2, 0.25) is 0 Å². The summed E-state index contributed by atoms with van der Waals surface area (Å²) >= 11 is 0. The Morgan fingerprint density at radius 1 is 1.24 bits per heavy atom. The second kappa shape index (κ2) is 6.73. The Labute approximate surface area is 168 Å². The minimum atomic E-state index is -0.250. The highest BCUT2D eigenvalue weighted by atomic mass is 16.5. The molecule has 1 saturated heterocycles. The highest BCUT2D eigenvalue weighted by Crippen LogP contribution is 2.42. The van der Waals surface area contributed by atoms with Crippen LogP contribution in [0.4, 0.5) is 11.4 Å². The molecule has 2 aromatic heterocycles. The lowest BCUT2D eigenvalue weighted by Crippen LogP contribution is -2.36. The number of rotatable bonds is 3. The minimum Gasteiger partial charge on any atom is -0.487 e. The number of benzene rings is 1. The number of anilines is 2.